The highest BCUT2D eigenvalue weighted by Crippen LogP contribution is 2.21. The molecular weight excluding hydrogens is 256 g/mol. The lowest BCUT2D eigenvalue weighted by atomic mass is 10.1. The van der Waals surface area contributed by atoms with E-state index in [9.17, 15) is 8.42 Å². The van der Waals surface area contributed by atoms with E-state index in [0.717, 1.165) is 31.6 Å². The zero-order valence-electron chi connectivity index (χ0n) is 10.0. The molecule has 96 valence electrons. The topological polar surface area (TPSA) is 50.3 Å². The molecule has 0 N–H and O–H groups in total. The second kappa shape index (κ2) is 5.46. The van der Waals surface area contributed by atoms with Crippen LogP contribution in [0.15, 0.2) is 10.9 Å². The van der Waals surface area contributed by atoms with Gasteiger partial charge in [-0.2, -0.15) is 0 Å². The fourth-order valence-corrected chi connectivity index (χ4v) is 4.63. The van der Waals surface area contributed by atoms with E-state index >= 15 is 0 Å². The van der Waals surface area contributed by atoms with Crippen molar-refractivity contribution in [2.75, 3.05) is 25.1 Å². The molecule has 2 heterocycles. The molecule has 17 heavy (non-hydrogen) atoms. The molecule has 0 unspecified atom stereocenters. The van der Waals surface area contributed by atoms with Crippen LogP contribution >= 0.6 is 11.3 Å². The number of thiazole rings is 1. The second-order valence-electron chi connectivity index (χ2n) is 4.78. The Morgan fingerprint density at radius 1 is 1.59 bits per heavy atom. The van der Waals surface area contributed by atoms with Gasteiger partial charge in [-0.05, 0) is 32.4 Å². The van der Waals surface area contributed by atoms with E-state index in [1.165, 1.54) is 0 Å². The molecule has 0 aliphatic carbocycles. The quantitative estimate of drug-likeness (QED) is 0.814. The van der Waals surface area contributed by atoms with Crippen LogP contribution in [-0.2, 0) is 16.4 Å². The molecule has 0 radical (unpaired) electrons. The van der Waals surface area contributed by atoms with Crippen molar-refractivity contribution < 1.29 is 8.42 Å². The third-order valence-corrected chi connectivity index (χ3v) is 5.63. The fraction of sp³-hybridized carbons (Fsp3) is 0.727. The number of sulfone groups is 1. The molecule has 4 nitrogen and oxygen atoms in total. The zero-order valence-corrected chi connectivity index (χ0v) is 11.6. The number of aromatic nitrogens is 1. The number of hydrogen-bond donors (Lipinski definition) is 0. The van der Waals surface area contributed by atoms with E-state index in [0.29, 0.717) is 17.4 Å². The number of rotatable bonds is 5. The monoisotopic (exact) mass is 274 g/mol. The van der Waals surface area contributed by atoms with E-state index in [-0.39, 0.29) is 0 Å². The van der Waals surface area contributed by atoms with E-state index in [1.807, 2.05) is 5.51 Å². The third-order valence-electron chi connectivity index (χ3n) is 3.16. The SMILES string of the molecule is CN(CC[C@@H]1CCS(=O)(=O)C1)Cc1cscn1. The lowest BCUT2D eigenvalue weighted by molar-refractivity contribution is 0.297. The largest absolute Gasteiger partial charge is 0.301 e. The maximum atomic E-state index is 11.3. The minimum absolute atomic E-state index is 0.359. The lowest BCUT2D eigenvalue weighted by Gasteiger charge is -2.17. The molecule has 1 fully saturated rings. The first-order valence-corrected chi connectivity index (χ1v) is 8.57. The van der Waals surface area contributed by atoms with Crippen LogP contribution in [0.5, 0.6) is 0 Å². The molecule has 0 bridgehead atoms. The van der Waals surface area contributed by atoms with Crippen LogP contribution in [0, 0.1) is 5.92 Å². The molecule has 2 rings (SSSR count). The Balaban J connectivity index is 1.72. The van der Waals surface area contributed by atoms with Gasteiger partial charge in [0.25, 0.3) is 0 Å². The Bertz CT molecular complexity index is 442. The predicted octanol–water partition coefficient (Wildman–Crippen LogP) is 1.40. The van der Waals surface area contributed by atoms with Crippen LogP contribution in [0.25, 0.3) is 0 Å². The molecule has 1 aromatic heterocycles. The van der Waals surface area contributed by atoms with Crippen molar-refractivity contribution in [2.45, 2.75) is 19.4 Å². The van der Waals surface area contributed by atoms with E-state index in [2.05, 4.69) is 22.3 Å². The Labute approximate surface area is 107 Å². The molecule has 0 spiro atoms. The molecule has 1 aliphatic rings. The van der Waals surface area contributed by atoms with E-state index < -0.39 is 9.84 Å². The van der Waals surface area contributed by atoms with Gasteiger partial charge in [-0.15, -0.1) is 11.3 Å². The molecule has 1 saturated heterocycles. The van der Waals surface area contributed by atoms with Gasteiger partial charge >= 0.3 is 0 Å². The minimum Gasteiger partial charge on any atom is -0.301 e. The summed E-state index contributed by atoms with van der Waals surface area (Å²) in [6.07, 6.45) is 1.81. The van der Waals surface area contributed by atoms with Gasteiger partial charge in [-0.3, -0.25) is 0 Å². The Morgan fingerprint density at radius 3 is 3.00 bits per heavy atom. The van der Waals surface area contributed by atoms with Crippen LogP contribution in [0.4, 0.5) is 0 Å². The van der Waals surface area contributed by atoms with Crippen molar-refractivity contribution in [2.24, 2.45) is 5.92 Å². The van der Waals surface area contributed by atoms with Crippen LogP contribution in [0.1, 0.15) is 18.5 Å². The highest BCUT2D eigenvalue weighted by Gasteiger charge is 2.27. The van der Waals surface area contributed by atoms with Crippen molar-refractivity contribution in [3.8, 4) is 0 Å². The fourth-order valence-electron chi connectivity index (χ4n) is 2.17. The average Bonchev–Trinajstić information content (AvgIpc) is 2.85. The van der Waals surface area contributed by atoms with Crippen molar-refractivity contribution >= 4 is 21.2 Å². The Morgan fingerprint density at radius 2 is 2.41 bits per heavy atom. The van der Waals surface area contributed by atoms with Crippen molar-refractivity contribution in [1.82, 2.24) is 9.88 Å². The summed E-state index contributed by atoms with van der Waals surface area (Å²) in [6, 6.07) is 0. The molecular formula is C11H18N2O2S2. The molecule has 0 saturated carbocycles. The third kappa shape index (κ3) is 4.04. The first kappa shape index (κ1) is 13.0. The molecule has 0 amide bonds. The molecule has 0 aromatic carbocycles. The lowest BCUT2D eigenvalue weighted by Crippen LogP contribution is -2.21. The standard InChI is InChI=1S/C11H18N2O2S2/c1-13(6-11-7-16-9-12-11)4-2-10-3-5-17(14,15)8-10/h7,9-10H,2-6,8H2,1H3/t10-/m1/s1. The van der Waals surface area contributed by atoms with Gasteiger partial charge in [-0.25, -0.2) is 13.4 Å². The number of hydrogen-bond acceptors (Lipinski definition) is 5. The first-order chi connectivity index (χ1) is 8.05. The van der Waals surface area contributed by atoms with Gasteiger partial charge in [-0.1, -0.05) is 0 Å². The van der Waals surface area contributed by atoms with Crippen LogP contribution in [-0.4, -0.2) is 43.4 Å². The molecule has 6 heteroatoms. The van der Waals surface area contributed by atoms with Gasteiger partial charge in [0, 0.05) is 11.9 Å². The normalized spacial score (nSPS) is 23.3. The Hall–Kier alpha value is -0.460. The summed E-state index contributed by atoms with van der Waals surface area (Å²) in [5.41, 5.74) is 2.93. The van der Waals surface area contributed by atoms with Crippen molar-refractivity contribution in [3.05, 3.63) is 16.6 Å². The summed E-state index contributed by atoms with van der Waals surface area (Å²) in [4.78, 5) is 6.45. The first-order valence-electron chi connectivity index (χ1n) is 5.81. The highest BCUT2D eigenvalue weighted by molar-refractivity contribution is 7.91. The minimum atomic E-state index is -2.72. The summed E-state index contributed by atoms with van der Waals surface area (Å²) in [5.74, 6) is 1.13. The van der Waals surface area contributed by atoms with E-state index in [4.69, 9.17) is 0 Å². The average molecular weight is 274 g/mol. The van der Waals surface area contributed by atoms with Gasteiger partial charge < -0.3 is 4.90 Å². The number of nitrogens with zero attached hydrogens (tertiary/aromatic N) is 2. The van der Waals surface area contributed by atoms with Crippen LogP contribution < -0.4 is 0 Å². The van der Waals surface area contributed by atoms with Crippen molar-refractivity contribution in [3.63, 3.8) is 0 Å². The van der Waals surface area contributed by atoms with Gasteiger partial charge in [0.15, 0.2) is 9.84 Å². The summed E-state index contributed by atoms with van der Waals surface area (Å²) in [5, 5.41) is 2.05. The van der Waals surface area contributed by atoms with E-state index in [1.54, 1.807) is 11.3 Å². The van der Waals surface area contributed by atoms with Gasteiger partial charge in [0.2, 0.25) is 0 Å². The van der Waals surface area contributed by atoms with Crippen LogP contribution in [0.3, 0.4) is 0 Å². The van der Waals surface area contributed by atoms with Crippen molar-refractivity contribution in [1.29, 1.82) is 0 Å². The maximum absolute atomic E-state index is 11.3. The highest BCUT2D eigenvalue weighted by atomic mass is 32.2. The molecule has 1 atom stereocenters. The Kier molecular flexibility index (Phi) is 4.17. The summed E-state index contributed by atoms with van der Waals surface area (Å²) in [6.45, 7) is 1.79. The molecule has 1 aliphatic heterocycles. The zero-order chi connectivity index (χ0) is 12.3. The smallest absolute Gasteiger partial charge is 0.150 e. The predicted molar refractivity (Wildman–Crippen MR) is 69.8 cm³/mol. The summed E-state index contributed by atoms with van der Waals surface area (Å²) < 4.78 is 22.6. The van der Waals surface area contributed by atoms with Crippen LogP contribution in [0.2, 0.25) is 0 Å². The second-order valence-corrected chi connectivity index (χ2v) is 7.72. The summed E-state index contributed by atoms with van der Waals surface area (Å²) >= 11 is 1.61. The molecule has 1 aromatic rings. The maximum Gasteiger partial charge on any atom is 0.150 e. The summed E-state index contributed by atoms with van der Waals surface area (Å²) in [7, 11) is -0.664. The van der Waals surface area contributed by atoms with Gasteiger partial charge in [0.05, 0.1) is 22.7 Å². The van der Waals surface area contributed by atoms with Gasteiger partial charge in [0.1, 0.15) is 0 Å².